The average Bonchev–Trinajstić information content (AvgIpc) is 2.55. The van der Waals surface area contributed by atoms with Crippen LogP contribution >= 0.6 is 0 Å². The van der Waals surface area contributed by atoms with Gasteiger partial charge in [0, 0.05) is 13.2 Å². The van der Waals surface area contributed by atoms with Crippen molar-refractivity contribution < 1.29 is 14.6 Å². The van der Waals surface area contributed by atoms with Crippen molar-refractivity contribution in [1.82, 2.24) is 5.32 Å². The van der Waals surface area contributed by atoms with E-state index in [-0.39, 0.29) is 6.10 Å². The molecule has 3 unspecified atom stereocenters. The van der Waals surface area contributed by atoms with Crippen LogP contribution in [0, 0.1) is 11.8 Å². The van der Waals surface area contributed by atoms with E-state index in [2.05, 4.69) is 5.32 Å². The fourth-order valence-electron chi connectivity index (χ4n) is 3.39. The molecule has 1 aromatic rings. The molecule has 2 aliphatic rings. The molecule has 3 rings (SSSR count). The molecule has 1 aliphatic carbocycles. The third-order valence-corrected chi connectivity index (χ3v) is 4.65. The molecular weight excluding hydrogens is 266 g/mol. The highest BCUT2D eigenvalue weighted by molar-refractivity contribution is 5.40. The van der Waals surface area contributed by atoms with E-state index in [1.807, 2.05) is 24.3 Å². The Hall–Kier alpha value is -1.26. The summed E-state index contributed by atoms with van der Waals surface area (Å²) in [4.78, 5) is 0. The molecule has 1 saturated carbocycles. The van der Waals surface area contributed by atoms with Gasteiger partial charge in [0.2, 0.25) is 0 Å². The lowest BCUT2D eigenvalue weighted by Gasteiger charge is -2.31. The first-order valence-electron chi connectivity index (χ1n) is 8.07. The zero-order chi connectivity index (χ0) is 14.5. The van der Waals surface area contributed by atoms with Crippen molar-refractivity contribution in [2.24, 2.45) is 11.8 Å². The third kappa shape index (κ3) is 3.69. The van der Waals surface area contributed by atoms with E-state index < -0.39 is 0 Å². The van der Waals surface area contributed by atoms with Gasteiger partial charge in [-0.1, -0.05) is 25.0 Å². The highest BCUT2D eigenvalue weighted by Crippen LogP contribution is 2.31. The lowest BCUT2D eigenvalue weighted by molar-refractivity contribution is 0.0851. The first-order valence-corrected chi connectivity index (χ1v) is 8.07. The quantitative estimate of drug-likeness (QED) is 0.873. The molecule has 1 aromatic carbocycles. The molecule has 0 amide bonds. The van der Waals surface area contributed by atoms with Crippen LogP contribution < -0.4 is 14.8 Å². The summed E-state index contributed by atoms with van der Waals surface area (Å²) in [5.41, 5.74) is 0. The molecule has 4 heteroatoms. The number of rotatable bonds is 5. The van der Waals surface area contributed by atoms with Crippen LogP contribution in [0.25, 0.3) is 0 Å². The molecule has 21 heavy (non-hydrogen) atoms. The second-order valence-electron chi connectivity index (χ2n) is 6.14. The van der Waals surface area contributed by atoms with Crippen LogP contribution in [0.1, 0.15) is 25.7 Å². The summed E-state index contributed by atoms with van der Waals surface area (Å²) in [6.07, 6.45) is 5.01. The van der Waals surface area contributed by atoms with Crippen LogP contribution in [0.2, 0.25) is 0 Å². The molecule has 0 bridgehead atoms. The van der Waals surface area contributed by atoms with Gasteiger partial charge in [0.25, 0.3) is 0 Å². The minimum Gasteiger partial charge on any atom is -0.486 e. The van der Waals surface area contributed by atoms with Crippen molar-refractivity contribution >= 4 is 0 Å². The molecule has 3 atom stereocenters. The largest absolute Gasteiger partial charge is 0.486 e. The Morgan fingerprint density at radius 2 is 1.81 bits per heavy atom. The minimum atomic E-state index is 0.0658. The molecule has 0 spiro atoms. The molecule has 1 fully saturated rings. The van der Waals surface area contributed by atoms with Crippen LogP contribution in [0.15, 0.2) is 24.3 Å². The summed E-state index contributed by atoms with van der Waals surface area (Å²) in [6.45, 7) is 2.68. The smallest absolute Gasteiger partial charge is 0.161 e. The number of benzene rings is 1. The van der Waals surface area contributed by atoms with Crippen molar-refractivity contribution in [1.29, 1.82) is 0 Å². The van der Waals surface area contributed by atoms with Crippen molar-refractivity contribution in [3.63, 3.8) is 0 Å². The number of ether oxygens (including phenoxy) is 2. The SMILES string of the molecule is OCC1CCCCC1CNCC1COc2ccccc2O1. The van der Waals surface area contributed by atoms with E-state index in [0.717, 1.165) is 24.6 Å². The van der Waals surface area contributed by atoms with Crippen molar-refractivity contribution in [3.05, 3.63) is 24.3 Å². The lowest BCUT2D eigenvalue weighted by Crippen LogP contribution is -2.41. The number of nitrogens with one attached hydrogen (secondary N) is 1. The molecule has 0 aromatic heterocycles. The standard InChI is InChI=1S/C17H25NO3/c19-11-14-6-2-1-5-13(14)9-18-10-15-12-20-16-7-3-4-8-17(16)21-15/h3-4,7-8,13-15,18-19H,1-2,5-6,9-12H2. The molecule has 4 nitrogen and oxygen atoms in total. The first kappa shape index (κ1) is 14.7. The summed E-state index contributed by atoms with van der Waals surface area (Å²) in [6, 6.07) is 7.81. The molecular formula is C17H25NO3. The molecule has 116 valence electrons. The van der Waals surface area contributed by atoms with Crippen LogP contribution in [0.3, 0.4) is 0 Å². The maximum atomic E-state index is 9.45. The summed E-state index contributed by atoms with van der Waals surface area (Å²) in [5, 5.41) is 13.0. The summed E-state index contributed by atoms with van der Waals surface area (Å²) in [5.74, 6) is 2.74. The predicted molar refractivity (Wildman–Crippen MR) is 81.8 cm³/mol. The van der Waals surface area contributed by atoms with E-state index in [4.69, 9.17) is 9.47 Å². The average molecular weight is 291 g/mol. The number of aliphatic hydroxyl groups is 1. The number of para-hydroxylation sites is 2. The molecule has 0 radical (unpaired) electrons. The number of aliphatic hydroxyl groups excluding tert-OH is 1. The highest BCUT2D eigenvalue weighted by Gasteiger charge is 2.25. The van der Waals surface area contributed by atoms with Crippen LogP contribution in [0.5, 0.6) is 11.5 Å². The van der Waals surface area contributed by atoms with E-state index in [1.165, 1.54) is 25.7 Å². The van der Waals surface area contributed by atoms with Gasteiger partial charge in [0.1, 0.15) is 12.7 Å². The minimum absolute atomic E-state index is 0.0658. The molecule has 1 aliphatic heterocycles. The Morgan fingerprint density at radius 3 is 2.62 bits per heavy atom. The maximum Gasteiger partial charge on any atom is 0.161 e. The first-order chi connectivity index (χ1) is 10.4. The van der Waals surface area contributed by atoms with Gasteiger partial charge in [0.05, 0.1) is 0 Å². The fourth-order valence-corrected chi connectivity index (χ4v) is 3.39. The van der Waals surface area contributed by atoms with Gasteiger partial charge in [-0.15, -0.1) is 0 Å². The van der Waals surface area contributed by atoms with E-state index in [0.29, 0.717) is 25.0 Å². The zero-order valence-corrected chi connectivity index (χ0v) is 12.5. The van der Waals surface area contributed by atoms with Gasteiger partial charge >= 0.3 is 0 Å². The van der Waals surface area contributed by atoms with Crippen molar-refractivity contribution in [2.45, 2.75) is 31.8 Å². The number of hydrogen-bond donors (Lipinski definition) is 2. The van der Waals surface area contributed by atoms with E-state index in [9.17, 15) is 5.11 Å². The number of hydrogen-bond acceptors (Lipinski definition) is 4. The predicted octanol–water partition coefficient (Wildman–Crippen LogP) is 2.21. The van der Waals surface area contributed by atoms with Gasteiger partial charge in [-0.2, -0.15) is 0 Å². The summed E-state index contributed by atoms with van der Waals surface area (Å²) in [7, 11) is 0. The fraction of sp³-hybridized carbons (Fsp3) is 0.647. The summed E-state index contributed by atoms with van der Waals surface area (Å²) >= 11 is 0. The normalized spacial score (nSPS) is 28.3. The third-order valence-electron chi connectivity index (χ3n) is 4.65. The van der Waals surface area contributed by atoms with Gasteiger partial charge in [0.15, 0.2) is 11.5 Å². The second kappa shape index (κ2) is 7.14. The monoisotopic (exact) mass is 291 g/mol. The number of fused-ring (bicyclic) bond motifs is 1. The topological polar surface area (TPSA) is 50.7 Å². The molecule has 1 heterocycles. The molecule has 0 saturated heterocycles. The van der Waals surface area contributed by atoms with Crippen LogP contribution in [0.4, 0.5) is 0 Å². The van der Waals surface area contributed by atoms with Crippen molar-refractivity contribution in [2.75, 3.05) is 26.3 Å². The van der Waals surface area contributed by atoms with Crippen LogP contribution in [-0.4, -0.2) is 37.5 Å². The van der Waals surface area contributed by atoms with Gasteiger partial charge in [-0.3, -0.25) is 0 Å². The Bertz CT molecular complexity index is 451. The van der Waals surface area contributed by atoms with Crippen LogP contribution in [-0.2, 0) is 0 Å². The van der Waals surface area contributed by atoms with Gasteiger partial charge in [-0.25, -0.2) is 0 Å². The zero-order valence-electron chi connectivity index (χ0n) is 12.5. The molecule has 2 N–H and O–H groups in total. The lowest BCUT2D eigenvalue weighted by atomic mass is 9.79. The highest BCUT2D eigenvalue weighted by atomic mass is 16.6. The Kier molecular flexibility index (Phi) is 4.99. The van der Waals surface area contributed by atoms with E-state index in [1.54, 1.807) is 0 Å². The van der Waals surface area contributed by atoms with Gasteiger partial charge < -0.3 is 19.9 Å². The Balaban J connectivity index is 1.44. The van der Waals surface area contributed by atoms with Crippen molar-refractivity contribution in [3.8, 4) is 11.5 Å². The van der Waals surface area contributed by atoms with E-state index >= 15 is 0 Å². The summed E-state index contributed by atoms with van der Waals surface area (Å²) < 4.78 is 11.7. The second-order valence-corrected chi connectivity index (χ2v) is 6.14. The van der Waals surface area contributed by atoms with Gasteiger partial charge in [-0.05, 0) is 43.4 Å². The maximum absolute atomic E-state index is 9.45. The Labute approximate surface area is 126 Å². The Morgan fingerprint density at radius 1 is 1.05 bits per heavy atom.